The normalized spacial score (nSPS) is 10.2. The minimum atomic E-state index is 0.579. The zero-order valence-electron chi connectivity index (χ0n) is 8.87. The summed E-state index contributed by atoms with van der Waals surface area (Å²) in [6.45, 7) is 1.18. The summed E-state index contributed by atoms with van der Waals surface area (Å²) in [6, 6.07) is 5.89. The van der Waals surface area contributed by atoms with E-state index in [0.717, 1.165) is 16.9 Å². The van der Waals surface area contributed by atoms with Crippen molar-refractivity contribution in [1.82, 2.24) is 0 Å². The van der Waals surface area contributed by atoms with Crippen molar-refractivity contribution in [1.29, 1.82) is 0 Å². The Morgan fingerprint density at radius 3 is 2.14 bits per heavy atom. The molecule has 0 amide bonds. The molecule has 3 heteroatoms. The highest BCUT2D eigenvalue weighted by atomic mass is 16.5. The third-order valence-corrected chi connectivity index (χ3v) is 2.01. The molecule has 0 N–H and O–H groups in total. The summed E-state index contributed by atoms with van der Waals surface area (Å²) in [5.41, 5.74) is 2.24. The van der Waals surface area contributed by atoms with Gasteiger partial charge in [0, 0.05) is 14.2 Å². The highest BCUT2D eigenvalue weighted by Crippen LogP contribution is 2.19. The van der Waals surface area contributed by atoms with Gasteiger partial charge in [0.25, 0.3) is 0 Å². The molecule has 0 heterocycles. The van der Waals surface area contributed by atoms with Crippen LogP contribution in [0, 0.1) is 0 Å². The molecule has 0 aliphatic carbocycles. The zero-order chi connectivity index (χ0) is 10.4. The Hall–Kier alpha value is -1.06. The minimum absolute atomic E-state index is 0.579. The molecule has 0 aromatic heterocycles. The molecule has 3 nitrogen and oxygen atoms in total. The highest BCUT2D eigenvalue weighted by Gasteiger charge is 2.03. The molecule has 0 radical (unpaired) electrons. The minimum Gasteiger partial charge on any atom is -0.497 e. The molecule has 0 aliphatic heterocycles. The summed E-state index contributed by atoms with van der Waals surface area (Å²) >= 11 is 0. The van der Waals surface area contributed by atoms with E-state index >= 15 is 0 Å². The van der Waals surface area contributed by atoms with Crippen molar-refractivity contribution in [2.75, 3.05) is 21.3 Å². The second-order valence-corrected chi connectivity index (χ2v) is 3.00. The smallest absolute Gasteiger partial charge is 0.119 e. The van der Waals surface area contributed by atoms with Crippen LogP contribution in [0.2, 0.25) is 0 Å². The van der Waals surface area contributed by atoms with Crippen molar-refractivity contribution >= 4 is 0 Å². The first-order valence-corrected chi connectivity index (χ1v) is 4.45. The maximum atomic E-state index is 5.14. The summed E-state index contributed by atoms with van der Waals surface area (Å²) in [4.78, 5) is 0. The summed E-state index contributed by atoms with van der Waals surface area (Å²) in [7, 11) is 5.01. The molecule has 0 atom stereocenters. The highest BCUT2D eigenvalue weighted by molar-refractivity contribution is 5.35. The molecule has 0 unspecified atom stereocenters. The molecule has 0 spiro atoms. The molecule has 0 aliphatic rings. The second-order valence-electron chi connectivity index (χ2n) is 3.00. The summed E-state index contributed by atoms with van der Waals surface area (Å²) in [5, 5.41) is 0. The van der Waals surface area contributed by atoms with Crippen LogP contribution < -0.4 is 4.74 Å². The van der Waals surface area contributed by atoms with Crippen LogP contribution >= 0.6 is 0 Å². The average molecular weight is 196 g/mol. The Morgan fingerprint density at radius 1 is 0.929 bits per heavy atom. The van der Waals surface area contributed by atoms with Gasteiger partial charge in [0.1, 0.15) is 5.75 Å². The van der Waals surface area contributed by atoms with E-state index in [1.807, 2.05) is 18.2 Å². The Kier molecular flexibility index (Phi) is 4.43. The van der Waals surface area contributed by atoms with E-state index in [1.165, 1.54) is 0 Å². The molecule has 78 valence electrons. The van der Waals surface area contributed by atoms with Crippen LogP contribution in [0.5, 0.6) is 5.75 Å². The van der Waals surface area contributed by atoms with E-state index in [0.29, 0.717) is 13.2 Å². The zero-order valence-corrected chi connectivity index (χ0v) is 8.87. The van der Waals surface area contributed by atoms with E-state index in [2.05, 4.69) is 0 Å². The summed E-state index contributed by atoms with van der Waals surface area (Å²) in [6.07, 6.45) is 0. The molecular formula is C11H16O3. The van der Waals surface area contributed by atoms with Gasteiger partial charge in [0.05, 0.1) is 20.3 Å². The van der Waals surface area contributed by atoms with Crippen molar-refractivity contribution in [3.63, 3.8) is 0 Å². The van der Waals surface area contributed by atoms with Gasteiger partial charge in [-0.3, -0.25) is 0 Å². The maximum absolute atomic E-state index is 5.14. The first-order chi connectivity index (χ1) is 6.81. The van der Waals surface area contributed by atoms with Gasteiger partial charge in [-0.05, 0) is 23.3 Å². The van der Waals surface area contributed by atoms with Crippen LogP contribution in [0.1, 0.15) is 11.1 Å². The van der Waals surface area contributed by atoms with Crippen molar-refractivity contribution in [2.45, 2.75) is 13.2 Å². The Balaban J connectivity index is 2.91. The van der Waals surface area contributed by atoms with E-state index in [4.69, 9.17) is 14.2 Å². The van der Waals surface area contributed by atoms with Crippen LogP contribution in [-0.2, 0) is 22.7 Å². The Bertz CT molecular complexity index is 284. The van der Waals surface area contributed by atoms with Gasteiger partial charge in [-0.1, -0.05) is 6.07 Å². The standard InChI is InChI=1S/C11H16O3/c1-12-7-9-4-5-11(14-3)6-10(9)8-13-2/h4-6H,7-8H2,1-3H3. The monoisotopic (exact) mass is 196 g/mol. The van der Waals surface area contributed by atoms with Crippen LogP contribution in [0.25, 0.3) is 0 Å². The van der Waals surface area contributed by atoms with Gasteiger partial charge in [0.15, 0.2) is 0 Å². The van der Waals surface area contributed by atoms with Crippen LogP contribution in [0.15, 0.2) is 18.2 Å². The first-order valence-electron chi connectivity index (χ1n) is 4.45. The predicted molar refractivity (Wildman–Crippen MR) is 54.4 cm³/mol. The number of rotatable bonds is 5. The Morgan fingerprint density at radius 2 is 1.57 bits per heavy atom. The fourth-order valence-electron chi connectivity index (χ4n) is 1.32. The molecule has 1 rings (SSSR count). The molecule has 14 heavy (non-hydrogen) atoms. The van der Waals surface area contributed by atoms with Crippen molar-refractivity contribution in [2.24, 2.45) is 0 Å². The van der Waals surface area contributed by atoms with Gasteiger partial charge in [0.2, 0.25) is 0 Å². The fraction of sp³-hybridized carbons (Fsp3) is 0.455. The quantitative estimate of drug-likeness (QED) is 0.720. The average Bonchev–Trinajstić information content (AvgIpc) is 2.21. The van der Waals surface area contributed by atoms with E-state index < -0.39 is 0 Å². The molecule has 0 bridgehead atoms. The molecule has 1 aromatic carbocycles. The Labute approximate surface area is 84.6 Å². The number of methoxy groups -OCH3 is 3. The van der Waals surface area contributed by atoms with Gasteiger partial charge >= 0.3 is 0 Å². The number of ether oxygens (including phenoxy) is 3. The van der Waals surface area contributed by atoms with Gasteiger partial charge in [-0.15, -0.1) is 0 Å². The molecule has 0 fully saturated rings. The van der Waals surface area contributed by atoms with Crippen LogP contribution in [0.4, 0.5) is 0 Å². The van der Waals surface area contributed by atoms with E-state index in [1.54, 1.807) is 21.3 Å². The lowest BCUT2D eigenvalue weighted by atomic mass is 10.1. The number of hydrogen-bond donors (Lipinski definition) is 0. The lowest BCUT2D eigenvalue weighted by Gasteiger charge is -2.09. The van der Waals surface area contributed by atoms with Crippen molar-refractivity contribution < 1.29 is 14.2 Å². The predicted octanol–water partition coefficient (Wildman–Crippen LogP) is 1.99. The lowest BCUT2D eigenvalue weighted by molar-refractivity contribution is 0.168. The third kappa shape index (κ3) is 2.72. The largest absolute Gasteiger partial charge is 0.497 e. The number of benzene rings is 1. The second kappa shape index (κ2) is 5.62. The van der Waals surface area contributed by atoms with Crippen LogP contribution in [-0.4, -0.2) is 21.3 Å². The number of hydrogen-bond acceptors (Lipinski definition) is 3. The topological polar surface area (TPSA) is 27.7 Å². The lowest BCUT2D eigenvalue weighted by Crippen LogP contribution is -1.98. The van der Waals surface area contributed by atoms with Gasteiger partial charge in [-0.25, -0.2) is 0 Å². The van der Waals surface area contributed by atoms with E-state index in [9.17, 15) is 0 Å². The maximum Gasteiger partial charge on any atom is 0.119 e. The molecular weight excluding hydrogens is 180 g/mol. The first kappa shape index (κ1) is 11.0. The fourth-order valence-corrected chi connectivity index (χ4v) is 1.32. The van der Waals surface area contributed by atoms with Crippen molar-refractivity contribution in [3.8, 4) is 5.75 Å². The van der Waals surface area contributed by atoms with Crippen LogP contribution in [0.3, 0.4) is 0 Å². The SMILES string of the molecule is COCc1ccc(OC)cc1COC. The molecule has 1 aromatic rings. The van der Waals surface area contributed by atoms with Gasteiger partial charge in [-0.2, -0.15) is 0 Å². The van der Waals surface area contributed by atoms with Crippen molar-refractivity contribution in [3.05, 3.63) is 29.3 Å². The third-order valence-electron chi connectivity index (χ3n) is 2.01. The summed E-state index contributed by atoms with van der Waals surface area (Å²) in [5.74, 6) is 0.844. The van der Waals surface area contributed by atoms with E-state index in [-0.39, 0.29) is 0 Å². The molecule has 0 saturated carbocycles. The molecule has 0 saturated heterocycles. The summed E-state index contributed by atoms with van der Waals surface area (Å²) < 4.78 is 15.3. The van der Waals surface area contributed by atoms with Gasteiger partial charge < -0.3 is 14.2 Å².